The molecule has 0 saturated heterocycles. The van der Waals surface area contributed by atoms with Gasteiger partial charge in [0.2, 0.25) is 0 Å². The quantitative estimate of drug-likeness (QED) is 0.886. The molecule has 19 heavy (non-hydrogen) atoms. The van der Waals surface area contributed by atoms with Gasteiger partial charge in [-0.3, -0.25) is 4.79 Å². The summed E-state index contributed by atoms with van der Waals surface area (Å²) < 4.78 is 5.87. The average molecular weight is 259 g/mol. The van der Waals surface area contributed by atoms with E-state index < -0.39 is 0 Å². The van der Waals surface area contributed by atoms with Crippen LogP contribution < -0.4 is 10.1 Å². The number of carbonyl (C=O) groups excluding carboxylic acids is 1. The van der Waals surface area contributed by atoms with Crippen molar-refractivity contribution in [3.05, 3.63) is 24.3 Å². The first-order chi connectivity index (χ1) is 9.24. The Morgan fingerprint density at radius 1 is 1.32 bits per heavy atom. The smallest absolute Gasteiger partial charge is 0.178 e. The minimum atomic E-state index is -0.315. The second kappa shape index (κ2) is 5.24. The molecular weight excluding hydrogens is 238 g/mol. The number of Topliss-reactive ketones (excluding diaryl/α,β-unsaturated/α-hetero) is 1. The number of hydrogen-bond acceptors (Lipinski definition) is 3. The minimum absolute atomic E-state index is 0.195. The summed E-state index contributed by atoms with van der Waals surface area (Å²) >= 11 is 0. The zero-order valence-corrected chi connectivity index (χ0v) is 11.4. The van der Waals surface area contributed by atoms with Gasteiger partial charge in [-0.15, -0.1) is 0 Å². The average Bonchev–Trinajstić information content (AvgIpc) is 2.46. The van der Waals surface area contributed by atoms with Crippen LogP contribution in [-0.2, 0) is 4.79 Å². The Balaban J connectivity index is 1.69. The highest BCUT2D eigenvalue weighted by atomic mass is 16.5. The highest BCUT2D eigenvalue weighted by Gasteiger charge is 2.33. The molecule has 2 aliphatic rings. The maximum absolute atomic E-state index is 12.5. The Kier molecular flexibility index (Phi) is 3.45. The van der Waals surface area contributed by atoms with Gasteiger partial charge in [0.1, 0.15) is 5.75 Å². The Bertz CT molecular complexity index is 472. The number of fused-ring (bicyclic) bond motifs is 1. The van der Waals surface area contributed by atoms with Crippen LogP contribution in [0.25, 0.3) is 0 Å². The Labute approximate surface area is 114 Å². The molecule has 1 aromatic carbocycles. The lowest BCUT2D eigenvalue weighted by Gasteiger charge is -2.31. The van der Waals surface area contributed by atoms with Gasteiger partial charge < -0.3 is 10.1 Å². The summed E-state index contributed by atoms with van der Waals surface area (Å²) in [5, 5.41) is 3.30. The largest absolute Gasteiger partial charge is 0.479 e. The maximum Gasteiger partial charge on any atom is 0.178 e. The van der Waals surface area contributed by atoms with Gasteiger partial charge >= 0.3 is 0 Å². The normalized spacial score (nSPS) is 29.8. The van der Waals surface area contributed by atoms with Crippen LogP contribution in [0.3, 0.4) is 0 Å². The fourth-order valence-corrected chi connectivity index (χ4v) is 3.23. The maximum atomic E-state index is 12.5. The summed E-state index contributed by atoms with van der Waals surface area (Å²) in [6.07, 6.45) is 4.18. The molecule has 1 N–H and O–H groups in total. The van der Waals surface area contributed by atoms with E-state index in [0.717, 1.165) is 24.3 Å². The Hall–Kier alpha value is -1.51. The lowest BCUT2D eigenvalue weighted by atomic mass is 9.79. The zero-order chi connectivity index (χ0) is 13.2. The monoisotopic (exact) mass is 259 g/mol. The molecule has 3 unspecified atom stereocenters. The van der Waals surface area contributed by atoms with Crippen LogP contribution >= 0.6 is 0 Å². The van der Waals surface area contributed by atoms with Gasteiger partial charge in [0.05, 0.1) is 12.2 Å². The van der Waals surface area contributed by atoms with Crippen LogP contribution in [0, 0.1) is 11.8 Å². The standard InChI is InChI=1S/C16H21NO2/c1-11-5-4-6-12(9-11)16(18)15-10-17-13-7-2-3-8-14(13)19-15/h2-3,7-8,11-12,15,17H,4-6,9-10H2,1H3. The third-order valence-corrected chi connectivity index (χ3v) is 4.29. The third-order valence-electron chi connectivity index (χ3n) is 4.29. The van der Waals surface area contributed by atoms with Crippen LogP contribution in [0.2, 0.25) is 0 Å². The first-order valence-corrected chi connectivity index (χ1v) is 7.27. The molecule has 0 radical (unpaired) electrons. The van der Waals surface area contributed by atoms with E-state index in [1.807, 2.05) is 24.3 Å². The molecule has 1 aromatic rings. The van der Waals surface area contributed by atoms with Crippen molar-refractivity contribution in [1.29, 1.82) is 0 Å². The van der Waals surface area contributed by atoms with Gasteiger partial charge in [-0.05, 0) is 30.9 Å². The molecule has 3 atom stereocenters. The fourth-order valence-electron chi connectivity index (χ4n) is 3.23. The number of carbonyl (C=O) groups is 1. The first kappa shape index (κ1) is 12.5. The SMILES string of the molecule is CC1CCCC(C(=O)C2CNc3ccccc3O2)C1. The molecule has 3 heteroatoms. The van der Waals surface area contributed by atoms with Crippen molar-refractivity contribution in [2.75, 3.05) is 11.9 Å². The molecule has 3 nitrogen and oxygen atoms in total. The number of benzene rings is 1. The van der Waals surface area contributed by atoms with Crippen LogP contribution in [0.4, 0.5) is 5.69 Å². The third kappa shape index (κ3) is 2.60. The number of anilines is 1. The topological polar surface area (TPSA) is 38.3 Å². The van der Waals surface area contributed by atoms with Gasteiger partial charge in [0, 0.05) is 5.92 Å². The molecule has 0 aromatic heterocycles. The summed E-state index contributed by atoms with van der Waals surface area (Å²) in [5.74, 6) is 1.96. The predicted molar refractivity (Wildman–Crippen MR) is 75.5 cm³/mol. The Morgan fingerprint density at radius 3 is 3.00 bits per heavy atom. The number of rotatable bonds is 2. The number of ketones is 1. The molecule has 1 heterocycles. The van der Waals surface area contributed by atoms with E-state index in [2.05, 4.69) is 12.2 Å². The number of para-hydroxylation sites is 2. The summed E-state index contributed by atoms with van der Waals surface area (Å²) in [6.45, 7) is 2.84. The molecule has 0 bridgehead atoms. The molecule has 1 aliphatic carbocycles. The fraction of sp³-hybridized carbons (Fsp3) is 0.562. The van der Waals surface area contributed by atoms with E-state index in [9.17, 15) is 4.79 Å². The van der Waals surface area contributed by atoms with E-state index in [1.54, 1.807) is 0 Å². The van der Waals surface area contributed by atoms with Gasteiger partial charge in [0.25, 0.3) is 0 Å². The van der Waals surface area contributed by atoms with E-state index in [1.165, 1.54) is 12.8 Å². The van der Waals surface area contributed by atoms with Crippen molar-refractivity contribution in [1.82, 2.24) is 0 Å². The van der Waals surface area contributed by atoms with Crippen LogP contribution in [0.1, 0.15) is 32.6 Å². The Morgan fingerprint density at radius 2 is 2.16 bits per heavy atom. The molecule has 1 saturated carbocycles. The van der Waals surface area contributed by atoms with Crippen molar-refractivity contribution in [3.8, 4) is 5.75 Å². The highest BCUT2D eigenvalue weighted by Crippen LogP contribution is 2.33. The van der Waals surface area contributed by atoms with E-state index in [0.29, 0.717) is 12.5 Å². The molecule has 0 spiro atoms. The minimum Gasteiger partial charge on any atom is -0.479 e. The van der Waals surface area contributed by atoms with Gasteiger partial charge in [-0.25, -0.2) is 0 Å². The summed E-state index contributed by atoms with van der Waals surface area (Å²) in [4.78, 5) is 12.5. The summed E-state index contributed by atoms with van der Waals surface area (Å²) in [7, 11) is 0. The van der Waals surface area contributed by atoms with Gasteiger partial charge in [0.15, 0.2) is 11.9 Å². The van der Waals surface area contributed by atoms with Gasteiger partial charge in [-0.2, -0.15) is 0 Å². The van der Waals surface area contributed by atoms with Crippen molar-refractivity contribution < 1.29 is 9.53 Å². The van der Waals surface area contributed by atoms with E-state index in [4.69, 9.17) is 4.74 Å². The summed E-state index contributed by atoms with van der Waals surface area (Å²) in [5.41, 5.74) is 0.989. The lowest BCUT2D eigenvalue weighted by molar-refractivity contribution is -0.130. The highest BCUT2D eigenvalue weighted by molar-refractivity contribution is 5.87. The van der Waals surface area contributed by atoms with Crippen molar-refractivity contribution in [2.24, 2.45) is 11.8 Å². The van der Waals surface area contributed by atoms with Crippen molar-refractivity contribution in [2.45, 2.75) is 38.7 Å². The number of nitrogens with one attached hydrogen (secondary N) is 1. The van der Waals surface area contributed by atoms with E-state index in [-0.39, 0.29) is 17.8 Å². The number of ether oxygens (including phenoxy) is 1. The van der Waals surface area contributed by atoms with Crippen LogP contribution in [0.15, 0.2) is 24.3 Å². The zero-order valence-electron chi connectivity index (χ0n) is 11.4. The van der Waals surface area contributed by atoms with Gasteiger partial charge in [-0.1, -0.05) is 31.9 Å². The van der Waals surface area contributed by atoms with Crippen molar-refractivity contribution >= 4 is 11.5 Å². The second-order valence-electron chi connectivity index (χ2n) is 5.85. The first-order valence-electron chi connectivity index (χ1n) is 7.27. The van der Waals surface area contributed by atoms with E-state index >= 15 is 0 Å². The molecule has 0 amide bonds. The lowest BCUT2D eigenvalue weighted by Crippen LogP contribution is -2.42. The molecule has 1 aliphatic heterocycles. The molecular formula is C16H21NO2. The summed E-state index contributed by atoms with van der Waals surface area (Å²) in [6, 6.07) is 7.82. The van der Waals surface area contributed by atoms with Crippen molar-refractivity contribution in [3.63, 3.8) is 0 Å². The molecule has 3 rings (SSSR count). The predicted octanol–water partition coefficient (Wildman–Crippen LogP) is 3.25. The second-order valence-corrected chi connectivity index (χ2v) is 5.85. The van der Waals surface area contributed by atoms with Crippen LogP contribution in [-0.4, -0.2) is 18.4 Å². The van der Waals surface area contributed by atoms with Crippen LogP contribution in [0.5, 0.6) is 5.75 Å². The molecule has 1 fully saturated rings. The number of hydrogen-bond donors (Lipinski definition) is 1. The molecule has 102 valence electrons.